The van der Waals surface area contributed by atoms with Gasteiger partial charge in [-0.3, -0.25) is 9.59 Å². The summed E-state index contributed by atoms with van der Waals surface area (Å²) in [6.07, 6.45) is -1.66. The largest absolute Gasteiger partial charge is 0.465 e. The van der Waals surface area contributed by atoms with E-state index in [1.165, 1.54) is 22.0 Å². The maximum atomic E-state index is 14.7. The first-order chi connectivity index (χ1) is 21.0. The molecule has 0 bridgehead atoms. The molecule has 44 heavy (non-hydrogen) atoms. The van der Waals surface area contributed by atoms with Gasteiger partial charge < -0.3 is 24.4 Å². The van der Waals surface area contributed by atoms with Crippen molar-refractivity contribution < 1.29 is 32.7 Å². The van der Waals surface area contributed by atoms with Crippen molar-refractivity contribution in [2.45, 2.75) is 32.1 Å². The molecule has 6 rings (SSSR count). The van der Waals surface area contributed by atoms with Crippen molar-refractivity contribution in [3.05, 3.63) is 113 Å². The number of para-hydroxylation sites is 1. The van der Waals surface area contributed by atoms with Gasteiger partial charge in [0.05, 0.1) is 18.5 Å². The lowest BCUT2D eigenvalue weighted by Gasteiger charge is -2.38. The van der Waals surface area contributed by atoms with Crippen LogP contribution in [0.4, 0.5) is 23.7 Å². The number of carbonyl (C=O) groups is 3. The van der Waals surface area contributed by atoms with Crippen molar-refractivity contribution in [3.8, 4) is 0 Å². The number of hydrogen-bond donors (Lipinski definition) is 1. The van der Waals surface area contributed by atoms with Gasteiger partial charge in [0.15, 0.2) is 0 Å². The van der Waals surface area contributed by atoms with E-state index in [0.29, 0.717) is 22.6 Å². The van der Waals surface area contributed by atoms with Gasteiger partial charge in [0, 0.05) is 49.1 Å². The number of benzene rings is 2. The van der Waals surface area contributed by atoms with Crippen LogP contribution in [0.3, 0.4) is 0 Å². The van der Waals surface area contributed by atoms with Crippen LogP contribution < -0.4 is 4.90 Å². The summed E-state index contributed by atoms with van der Waals surface area (Å²) in [4.78, 5) is 43.3. The van der Waals surface area contributed by atoms with E-state index in [1.54, 1.807) is 59.5 Å². The molecule has 1 fully saturated rings. The van der Waals surface area contributed by atoms with E-state index >= 15 is 0 Å². The summed E-state index contributed by atoms with van der Waals surface area (Å²) in [5.41, 5.74) is 0.488. The predicted molar refractivity (Wildman–Crippen MR) is 157 cm³/mol. The second-order valence-corrected chi connectivity index (χ2v) is 11.5. The zero-order valence-corrected chi connectivity index (χ0v) is 24.0. The normalized spacial score (nSPS) is 21.7. The summed E-state index contributed by atoms with van der Waals surface area (Å²) in [6, 6.07) is 19.1. The Morgan fingerprint density at radius 1 is 0.841 bits per heavy atom. The van der Waals surface area contributed by atoms with Crippen LogP contribution in [0.25, 0.3) is 0 Å². The number of carboxylic acid groups (broad SMARTS) is 1. The van der Waals surface area contributed by atoms with Crippen molar-refractivity contribution in [1.29, 1.82) is 0 Å². The third-order valence-electron chi connectivity index (χ3n) is 8.89. The average Bonchev–Trinajstić information content (AvgIpc) is 3.33. The molecule has 2 aromatic carbocycles. The van der Waals surface area contributed by atoms with Gasteiger partial charge >= 0.3 is 12.3 Å². The Morgan fingerprint density at radius 3 is 2.18 bits per heavy atom. The van der Waals surface area contributed by atoms with Crippen molar-refractivity contribution in [2.75, 3.05) is 31.1 Å². The number of piperazine rings is 1. The van der Waals surface area contributed by atoms with Gasteiger partial charge in [-0.2, -0.15) is 13.2 Å². The maximum absolute atomic E-state index is 14.7. The highest BCUT2D eigenvalue weighted by Gasteiger charge is 2.55. The van der Waals surface area contributed by atoms with Crippen molar-refractivity contribution in [3.63, 3.8) is 0 Å². The molecule has 2 atom stereocenters. The van der Waals surface area contributed by atoms with Crippen molar-refractivity contribution in [1.82, 2.24) is 14.4 Å². The number of hydrogen-bond acceptors (Lipinski definition) is 3. The molecular weight excluding hydrogens is 573 g/mol. The molecule has 0 spiro atoms. The van der Waals surface area contributed by atoms with E-state index in [-0.39, 0.29) is 50.7 Å². The third kappa shape index (κ3) is 5.06. The van der Waals surface area contributed by atoms with E-state index < -0.39 is 29.5 Å². The van der Waals surface area contributed by atoms with Crippen molar-refractivity contribution in [2.24, 2.45) is 5.41 Å². The van der Waals surface area contributed by atoms with Gasteiger partial charge in [-0.25, -0.2) is 4.79 Å². The third-order valence-corrected chi connectivity index (χ3v) is 8.89. The fourth-order valence-corrected chi connectivity index (χ4v) is 6.32. The Bertz CT molecular complexity index is 1670. The van der Waals surface area contributed by atoms with E-state index in [9.17, 15) is 32.7 Å². The Labute approximate surface area is 252 Å². The van der Waals surface area contributed by atoms with Crippen LogP contribution in [0, 0.1) is 5.41 Å². The number of nitrogens with zero attached hydrogens (tertiary/aromatic N) is 4. The molecule has 228 valence electrons. The Hall–Kier alpha value is -4.80. The summed E-state index contributed by atoms with van der Waals surface area (Å²) >= 11 is 0. The van der Waals surface area contributed by atoms with Gasteiger partial charge in [0.25, 0.3) is 11.8 Å². The van der Waals surface area contributed by atoms with E-state index in [4.69, 9.17) is 0 Å². The summed E-state index contributed by atoms with van der Waals surface area (Å²) in [6.45, 7) is 2.39. The molecule has 1 saturated heterocycles. The minimum Gasteiger partial charge on any atom is -0.465 e. The van der Waals surface area contributed by atoms with E-state index in [0.717, 1.165) is 18.6 Å². The topological polar surface area (TPSA) is 86.1 Å². The standard InChI is InChI=1S/C33H31F3N4O4/c1-32(33(34,35)36)19-23(11-13-26(32)22-7-3-2-4-8-22)29(41)40-21-25-12-14-28(39(25)20-24-9-5-6-10-27(24)40)30(42)37-15-17-38(18-16-37)31(43)44/h2-14,19,26H,15-18,20-21H2,1H3,(H,43,44). The fraction of sp³-hybridized carbons (Fsp3) is 0.303. The average molecular weight is 605 g/mol. The molecule has 0 radical (unpaired) electrons. The second-order valence-electron chi connectivity index (χ2n) is 11.5. The van der Waals surface area contributed by atoms with Gasteiger partial charge in [-0.15, -0.1) is 0 Å². The first-order valence-corrected chi connectivity index (χ1v) is 14.4. The summed E-state index contributed by atoms with van der Waals surface area (Å²) in [7, 11) is 0. The summed E-state index contributed by atoms with van der Waals surface area (Å²) in [5, 5.41) is 9.25. The molecule has 1 aromatic heterocycles. The lowest BCUT2D eigenvalue weighted by Crippen LogP contribution is -2.50. The Balaban J connectivity index is 1.33. The van der Waals surface area contributed by atoms with Crippen LogP contribution in [0.15, 0.2) is 90.5 Å². The molecule has 1 aliphatic carbocycles. The molecule has 8 nitrogen and oxygen atoms in total. The quantitative estimate of drug-likeness (QED) is 0.418. The predicted octanol–water partition coefficient (Wildman–Crippen LogP) is 5.67. The number of carbonyl (C=O) groups excluding carboxylic acids is 2. The van der Waals surface area contributed by atoms with E-state index in [2.05, 4.69) is 0 Å². The zero-order valence-electron chi connectivity index (χ0n) is 24.0. The van der Waals surface area contributed by atoms with Crippen LogP contribution in [0.1, 0.15) is 40.2 Å². The molecule has 0 saturated carbocycles. The molecule has 11 heteroatoms. The molecule has 2 unspecified atom stereocenters. The van der Waals surface area contributed by atoms with Gasteiger partial charge in [0.1, 0.15) is 5.69 Å². The van der Waals surface area contributed by atoms with Crippen LogP contribution in [-0.4, -0.2) is 69.7 Å². The molecule has 3 aromatic rings. The molecule has 3 aliphatic rings. The maximum Gasteiger partial charge on any atom is 0.407 e. The smallest absolute Gasteiger partial charge is 0.407 e. The number of rotatable bonds is 3. The lowest BCUT2D eigenvalue weighted by atomic mass is 9.69. The van der Waals surface area contributed by atoms with Gasteiger partial charge in [-0.05, 0) is 36.2 Å². The number of amides is 3. The number of fused-ring (bicyclic) bond motifs is 2. The molecule has 1 N–H and O–H groups in total. The van der Waals surface area contributed by atoms with Crippen molar-refractivity contribution >= 4 is 23.6 Å². The summed E-state index contributed by atoms with van der Waals surface area (Å²) < 4.78 is 45.8. The number of anilines is 1. The Morgan fingerprint density at radius 2 is 1.50 bits per heavy atom. The highest BCUT2D eigenvalue weighted by molar-refractivity contribution is 6.08. The highest BCUT2D eigenvalue weighted by Crippen LogP contribution is 2.52. The SMILES string of the molecule is CC1(C(F)(F)F)C=C(C(=O)N2Cc3ccc(C(=O)N4CCN(C(=O)O)CC4)n3Cc3ccccc32)C=CC1c1ccccc1. The van der Waals surface area contributed by atoms with Crippen LogP contribution in [0.2, 0.25) is 0 Å². The number of alkyl halides is 3. The first kappa shape index (κ1) is 29.3. The molecule has 3 amide bonds. The van der Waals surface area contributed by atoms with Crippen LogP contribution in [0.5, 0.6) is 0 Å². The number of aromatic nitrogens is 1. The fourth-order valence-electron chi connectivity index (χ4n) is 6.32. The molecule has 3 heterocycles. The second kappa shape index (κ2) is 11.0. The van der Waals surface area contributed by atoms with Crippen LogP contribution in [-0.2, 0) is 17.9 Å². The minimum atomic E-state index is -4.62. The minimum absolute atomic E-state index is 0.0476. The zero-order chi connectivity index (χ0) is 31.2. The van der Waals surface area contributed by atoms with Crippen LogP contribution >= 0.6 is 0 Å². The first-order valence-electron chi connectivity index (χ1n) is 14.4. The van der Waals surface area contributed by atoms with E-state index in [1.807, 2.05) is 16.7 Å². The van der Waals surface area contributed by atoms with Gasteiger partial charge in [0.2, 0.25) is 0 Å². The number of halogens is 3. The lowest BCUT2D eigenvalue weighted by molar-refractivity contribution is -0.204. The monoisotopic (exact) mass is 604 g/mol. The molecule has 2 aliphatic heterocycles. The Kier molecular flexibility index (Phi) is 7.35. The highest BCUT2D eigenvalue weighted by atomic mass is 19.4. The molecular formula is C33H31F3N4O4. The summed E-state index contributed by atoms with van der Waals surface area (Å²) in [5.74, 6) is -1.81. The van der Waals surface area contributed by atoms with Gasteiger partial charge in [-0.1, -0.05) is 66.8 Å². The number of allylic oxidation sites excluding steroid dienone is 2.